The fourth-order valence-corrected chi connectivity index (χ4v) is 2.40. The Morgan fingerprint density at radius 2 is 2.36 bits per heavy atom. The first-order valence-corrected chi connectivity index (χ1v) is 4.55. The zero-order valence-electron chi connectivity index (χ0n) is 6.50. The molecule has 1 unspecified atom stereocenters. The SMILES string of the molecule is CCC1C=C2C=CC=C2S1.[Zr]. The molecule has 0 saturated carbocycles. The van der Waals surface area contributed by atoms with Crippen LogP contribution in [0.2, 0.25) is 0 Å². The predicted octanol–water partition coefficient (Wildman–Crippen LogP) is 2.89. The van der Waals surface area contributed by atoms with Gasteiger partial charge in [0.1, 0.15) is 0 Å². The van der Waals surface area contributed by atoms with E-state index in [1.165, 1.54) is 16.9 Å². The van der Waals surface area contributed by atoms with E-state index in [1.54, 1.807) is 0 Å². The van der Waals surface area contributed by atoms with Gasteiger partial charge in [0, 0.05) is 36.4 Å². The molecule has 2 rings (SSSR count). The topological polar surface area (TPSA) is 0 Å². The van der Waals surface area contributed by atoms with E-state index >= 15 is 0 Å². The van der Waals surface area contributed by atoms with Crippen molar-refractivity contribution in [2.24, 2.45) is 0 Å². The van der Waals surface area contributed by atoms with Gasteiger partial charge in [-0.2, -0.15) is 0 Å². The maximum absolute atomic E-state index is 2.36. The molecular formula is C9H10SZr. The molecule has 0 radical (unpaired) electrons. The van der Waals surface area contributed by atoms with Crippen LogP contribution in [0.5, 0.6) is 0 Å². The fourth-order valence-electron chi connectivity index (χ4n) is 1.26. The Balaban J connectivity index is 0.000000605. The molecule has 0 aromatic heterocycles. The Bertz CT molecular complexity index is 238. The predicted molar refractivity (Wildman–Crippen MR) is 47.0 cm³/mol. The second-order valence-electron chi connectivity index (χ2n) is 2.58. The Hall–Kier alpha value is 0.453. The van der Waals surface area contributed by atoms with E-state index < -0.39 is 0 Å². The third-order valence-electron chi connectivity index (χ3n) is 1.85. The van der Waals surface area contributed by atoms with Crippen LogP contribution in [0, 0.1) is 0 Å². The van der Waals surface area contributed by atoms with E-state index in [0.717, 1.165) is 5.25 Å². The van der Waals surface area contributed by atoms with E-state index in [4.69, 9.17) is 0 Å². The first-order valence-electron chi connectivity index (χ1n) is 3.67. The molecule has 56 valence electrons. The van der Waals surface area contributed by atoms with Crippen LogP contribution in [-0.2, 0) is 26.2 Å². The Labute approximate surface area is 90.9 Å². The smallest absolute Gasteiger partial charge is 0.0281 e. The summed E-state index contributed by atoms with van der Waals surface area (Å²) in [4.78, 5) is 1.46. The maximum atomic E-state index is 2.36. The summed E-state index contributed by atoms with van der Waals surface area (Å²) in [5.74, 6) is 0. The zero-order chi connectivity index (χ0) is 6.97. The molecular weight excluding hydrogens is 231 g/mol. The molecule has 0 bridgehead atoms. The van der Waals surface area contributed by atoms with Crippen molar-refractivity contribution in [1.82, 2.24) is 0 Å². The van der Waals surface area contributed by atoms with Gasteiger partial charge < -0.3 is 0 Å². The van der Waals surface area contributed by atoms with Crippen LogP contribution < -0.4 is 0 Å². The van der Waals surface area contributed by atoms with Gasteiger partial charge in [-0.1, -0.05) is 25.2 Å². The summed E-state index contributed by atoms with van der Waals surface area (Å²) >= 11 is 1.99. The third-order valence-corrected chi connectivity index (χ3v) is 3.25. The van der Waals surface area contributed by atoms with Gasteiger partial charge in [-0.15, -0.1) is 11.8 Å². The van der Waals surface area contributed by atoms with Crippen molar-refractivity contribution in [3.05, 3.63) is 34.8 Å². The van der Waals surface area contributed by atoms with Crippen molar-refractivity contribution in [3.8, 4) is 0 Å². The standard InChI is InChI=1S/C9H10S.Zr/c1-2-8-6-7-4-3-5-9(7)10-8;/h3-6,8H,2H2,1H3;. The molecule has 1 heterocycles. The number of fused-ring (bicyclic) bond motifs is 1. The first-order chi connectivity index (χ1) is 4.90. The van der Waals surface area contributed by atoms with Crippen LogP contribution in [-0.4, -0.2) is 5.25 Å². The van der Waals surface area contributed by atoms with Crippen molar-refractivity contribution in [3.63, 3.8) is 0 Å². The minimum absolute atomic E-state index is 0. The number of hydrogen-bond acceptors (Lipinski definition) is 1. The Morgan fingerprint density at radius 3 is 3.00 bits per heavy atom. The van der Waals surface area contributed by atoms with Crippen LogP contribution >= 0.6 is 11.8 Å². The normalized spacial score (nSPS) is 25.7. The molecule has 0 fully saturated rings. The van der Waals surface area contributed by atoms with Gasteiger partial charge in [0.25, 0.3) is 0 Å². The van der Waals surface area contributed by atoms with Crippen molar-refractivity contribution >= 4 is 11.8 Å². The summed E-state index contributed by atoms with van der Waals surface area (Å²) in [6.07, 6.45) is 10.1. The van der Waals surface area contributed by atoms with Gasteiger partial charge in [0.2, 0.25) is 0 Å². The largest absolute Gasteiger partial charge is 0.118 e. The van der Waals surface area contributed by atoms with Crippen molar-refractivity contribution in [1.29, 1.82) is 0 Å². The Morgan fingerprint density at radius 1 is 1.55 bits per heavy atom. The number of hydrogen-bond donors (Lipinski definition) is 0. The fraction of sp³-hybridized carbons (Fsp3) is 0.333. The maximum Gasteiger partial charge on any atom is 0.0281 e. The summed E-state index contributed by atoms with van der Waals surface area (Å²) in [5.41, 5.74) is 1.44. The monoisotopic (exact) mass is 240 g/mol. The van der Waals surface area contributed by atoms with Crippen LogP contribution in [0.4, 0.5) is 0 Å². The van der Waals surface area contributed by atoms with Gasteiger partial charge in [-0.3, -0.25) is 0 Å². The van der Waals surface area contributed by atoms with E-state index in [-0.39, 0.29) is 26.2 Å². The third kappa shape index (κ3) is 1.79. The van der Waals surface area contributed by atoms with E-state index in [9.17, 15) is 0 Å². The summed E-state index contributed by atoms with van der Waals surface area (Å²) in [5, 5.41) is 0.742. The van der Waals surface area contributed by atoms with Crippen LogP contribution in [0.1, 0.15) is 13.3 Å². The second-order valence-corrected chi connectivity index (χ2v) is 3.86. The molecule has 0 aromatic rings. The molecule has 0 nitrogen and oxygen atoms in total. The summed E-state index contributed by atoms with van der Waals surface area (Å²) < 4.78 is 0. The molecule has 0 saturated heterocycles. The first kappa shape index (κ1) is 9.54. The zero-order valence-corrected chi connectivity index (χ0v) is 9.78. The molecule has 11 heavy (non-hydrogen) atoms. The molecule has 2 aliphatic rings. The molecule has 1 aliphatic carbocycles. The molecule has 1 atom stereocenters. The summed E-state index contributed by atoms with van der Waals surface area (Å²) in [7, 11) is 0. The van der Waals surface area contributed by atoms with E-state index in [1.807, 2.05) is 11.8 Å². The van der Waals surface area contributed by atoms with Gasteiger partial charge in [-0.25, -0.2) is 0 Å². The molecule has 2 heteroatoms. The van der Waals surface area contributed by atoms with Crippen LogP contribution in [0.25, 0.3) is 0 Å². The number of rotatable bonds is 1. The van der Waals surface area contributed by atoms with Gasteiger partial charge in [0.05, 0.1) is 0 Å². The van der Waals surface area contributed by atoms with E-state index in [2.05, 4.69) is 31.2 Å². The molecule has 0 aromatic carbocycles. The summed E-state index contributed by atoms with van der Waals surface area (Å²) in [6.45, 7) is 2.24. The number of thioether (sulfide) groups is 1. The van der Waals surface area contributed by atoms with Crippen molar-refractivity contribution < 1.29 is 26.2 Å². The van der Waals surface area contributed by atoms with Crippen molar-refractivity contribution in [2.75, 3.05) is 0 Å². The summed E-state index contributed by atoms with van der Waals surface area (Å²) in [6, 6.07) is 0. The molecule has 1 aliphatic heterocycles. The molecule has 0 spiro atoms. The molecule has 0 N–H and O–H groups in total. The minimum atomic E-state index is 0. The van der Waals surface area contributed by atoms with Gasteiger partial charge >= 0.3 is 0 Å². The van der Waals surface area contributed by atoms with Crippen molar-refractivity contribution in [2.45, 2.75) is 18.6 Å². The van der Waals surface area contributed by atoms with E-state index in [0.29, 0.717) is 0 Å². The average Bonchev–Trinajstić information content (AvgIpc) is 2.42. The second kappa shape index (κ2) is 3.91. The van der Waals surface area contributed by atoms with Crippen LogP contribution in [0.3, 0.4) is 0 Å². The van der Waals surface area contributed by atoms with Crippen LogP contribution in [0.15, 0.2) is 34.8 Å². The minimum Gasteiger partial charge on any atom is -0.118 e. The Kier molecular flexibility index (Phi) is 3.39. The van der Waals surface area contributed by atoms with Gasteiger partial charge in [0.15, 0.2) is 0 Å². The quantitative estimate of drug-likeness (QED) is 0.680. The average molecular weight is 241 g/mol. The molecule has 0 amide bonds. The van der Waals surface area contributed by atoms with Gasteiger partial charge in [-0.05, 0) is 18.1 Å². The number of allylic oxidation sites excluding steroid dienone is 4.